The molecule has 1 aromatic rings. The number of nitrogens with zero attached hydrogens (tertiary/aromatic N) is 4. The number of aromatic nitrogens is 2. The number of rotatable bonds is 5. The lowest BCUT2D eigenvalue weighted by molar-refractivity contribution is 0.196. The Bertz CT molecular complexity index is 392. The van der Waals surface area contributed by atoms with E-state index in [-0.39, 0.29) is 0 Å². The Morgan fingerprint density at radius 3 is 2.60 bits per heavy atom. The van der Waals surface area contributed by atoms with E-state index >= 15 is 0 Å². The maximum Gasteiger partial charge on any atom is 0.225 e. The Morgan fingerprint density at radius 1 is 1.20 bits per heavy atom. The van der Waals surface area contributed by atoms with Crippen LogP contribution in [0, 0.1) is 6.92 Å². The van der Waals surface area contributed by atoms with Crippen molar-refractivity contribution < 1.29 is 0 Å². The smallest absolute Gasteiger partial charge is 0.225 e. The molecule has 112 valence electrons. The summed E-state index contributed by atoms with van der Waals surface area (Å²) < 4.78 is 0. The minimum absolute atomic E-state index is 0.624. The van der Waals surface area contributed by atoms with Crippen molar-refractivity contribution in [2.45, 2.75) is 39.2 Å². The highest BCUT2D eigenvalue weighted by Gasteiger charge is 2.21. The summed E-state index contributed by atoms with van der Waals surface area (Å²) in [6.07, 6.45) is 7.23. The van der Waals surface area contributed by atoms with Crippen molar-refractivity contribution in [3.8, 4) is 0 Å². The number of anilines is 1. The van der Waals surface area contributed by atoms with Gasteiger partial charge in [0.25, 0.3) is 0 Å². The van der Waals surface area contributed by atoms with E-state index in [2.05, 4.69) is 26.7 Å². The van der Waals surface area contributed by atoms with Crippen LogP contribution >= 0.6 is 0 Å². The first kappa shape index (κ1) is 15.2. The second-order valence-corrected chi connectivity index (χ2v) is 5.58. The third-order valence-corrected chi connectivity index (χ3v) is 4.07. The molecular formula is C15H27N5. The minimum atomic E-state index is 0.624. The van der Waals surface area contributed by atoms with Crippen LogP contribution in [0.25, 0.3) is 0 Å². The molecular weight excluding hydrogens is 250 g/mol. The standard InChI is InChI=1S/C15H27N5/c1-3-14(5-6-16)19-7-4-8-20(10-9-19)15-17-11-13(2)12-18-15/h11-12,14H,3-10,16H2,1-2H3. The third-order valence-electron chi connectivity index (χ3n) is 4.07. The van der Waals surface area contributed by atoms with Crippen molar-refractivity contribution in [2.75, 3.05) is 37.6 Å². The molecule has 20 heavy (non-hydrogen) atoms. The van der Waals surface area contributed by atoms with Crippen LogP contribution in [-0.4, -0.2) is 53.6 Å². The lowest BCUT2D eigenvalue weighted by Crippen LogP contribution is -2.39. The van der Waals surface area contributed by atoms with Crippen molar-refractivity contribution in [1.82, 2.24) is 14.9 Å². The Hall–Kier alpha value is -1.20. The molecule has 0 spiro atoms. The van der Waals surface area contributed by atoms with E-state index in [9.17, 15) is 0 Å². The molecule has 0 aliphatic carbocycles. The predicted octanol–water partition coefficient (Wildman–Crippen LogP) is 1.42. The van der Waals surface area contributed by atoms with Crippen molar-refractivity contribution >= 4 is 5.95 Å². The van der Waals surface area contributed by atoms with E-state index in [0.717, 1.165) is 57.1 Å². The molecule has 1 aliphatic heterocycles. The Labute approximate surface area is 122 Å². The van der Waals surface area contributed by atoms with Crippen LogP contribution in [0.5, 0.6) is 0 Å². The summed E-state index contributed by atoms with van der Waals surface area (Å²) in [6, 6.07) is 0.624. The van der Waals surface area contributed by atoms with Crippen LogP contribution in [0.4, 0.5) is 5.95 Å². The maximum absolute atomic E-state index is 5.73. The van der Waals surface area contributed by atoms with E-state index in [1.165, 1.54) is 6.42 Å². The van der Waals surface area contributed by atoms with E-state index in [0.29, 0.717) is 6.04 Å². The molecule has 0 saturated carbocycles. The molecule has 0 radical (unpaired) electrons. The monoisotopic (exact) mass is 277 g/mol. The van der Waals surface area contributed by atoms with Gasteiger partial charge >= 0.3 is 0 Å². The van der Waals surface area contributed by atoms with Gasteiger partial charge in [-0.3, -0.25) is 4.90 Å². The third kappa shape index (κ3) is 3.90. The fourth-order valence-electron chi connectivity index (χ4n) is 2.89. The van der Waals surface area contributed by atoms with Crippen molar-refractivity contribution in [1.29, 1.82) is 0 Å². The largest absolute Gasteiger partial charge is 0.339 e. The quantitative estimate of drug-likeness (QED) is 0.882. The zero-order valence-corrected chi connectivity index (χ0v) is 12.8. The van der Waals surface area contributed by atoms with Crippen molar-refractivity contribution in [2.24, 2.45) is 5.73 Å². The van der Waals surface area contributed by atoms with Gasteiger partial charge in [0.05, 0.1) is 0 Å². The molecule has 0 amide bonds. The van der Waals surface area contributed by atoms with Crippen LogP contribution in [0.3, 0.4) is 0 Å². The van der Waals surface area contributed by atoms with E-state index in [1.54, 1.807) is 0 Å². The van der Waals surface area contributed by atoms with Gasteiger partial charge < -0.3 is 10.6 Å². The lowest BCUT2D eigenvalue weighted by atomic mass is 10.1. The van der Waals surface area contributed by atoms with Gasteiger partial charge in [-0.05, 0) is 38.3 Å². The first-order valence-electron chi connectivity index (χ1n) is 7.72. The van der Waals surface area contributed by atoms with Crippen LogP contribution in [0.2, 0.25) is 0 Å². The molecule has 1 saturated heterocycles. The molecule has 1 atom stereocenters. The summed E-state index contributed by atoms with van der Waals surface area (Å²) in [5, 5.41) is 0. The highest BCUT2D eigenvalue weighted by Crippen LogP contribution is 2.15. The zero-order valence-electron chi connectivity index (χ0n) is 12.8. The van der Waals surface area contributed by atoms with Crippen molar-refractivity contribution in [3.05, 3.63) is 18.0 Å². The Kier molecular flexibility index (Phi) is 5.73. The normalized spacial score (nSPS) is 18.9. The van der Waals surface area contributed by atoms with Crippen LogP contribution in [0.15, 0.2) is 12.4 Å². The summed E-state index contributed by atoms with van der Waals surface area (Å²) in [4.78, 5) is 13.8. The molecule has 1 aliphatic rings. The fraction of sp³-hybridized carbons (Fsp3) is 0.733. The van der Waals surface area contributed by atoms with Crippen molar-refractivity contribution in [3.63, 3.8) is 0 Å². The second-order valence-electron chi connectivity index (χ2n) is 5.58. The number of nitrogens with two attached hydrogens (primary N) is 1. The molecule has 2 rings (SSSR count). The average molecular weight is 277 g/mol. The van der Waals surface area contributed by atoms with Gasteiger partial charge in [-0.2, -0.15) is 0 Å². The Morgan fingerprint density at radius 2 is 1.95 bits per heavy atom. The van der Waals surface area contributed by atoms with Crippen LogP contribution in [0.1, 0.15) is 31.7 Å². The molecule has 2 N–H and O–H groups in total. The molecule has 0 aromatic carbocycles. The number of aryl methyl sites for hydroxylation is 1. The summed E-state index contributed by atoms with van der Waals surface area (Å²) in [5.41, 5.74) is 6.84. The van der Waals surface area contributed by atoms with E-state index in [4.69, 9.17) is 5.73 Å². The van der Waals surface area contributed by atoms with Gasteiger partial charge in [0, 0.05) is 44.6 Å². The maximum atomic E-state index is 5.73. The van der Waals surface area contributed by atoms with E-state index < -0.39 is 0 Å². The topological polar surface area (TPSA) is 58.3 Å². The molecule has 0 bridgehead atoms. The van der Waals surface area contributed by atoms with Gasteiger partial charge in [0.15, 0.2) is 0 Å². The molecule has 5 nitrogen and oxygen atoms in total. The first-order chi connectivity index (χ1) is 9.74. The second kappa shape index (κ2) is 7.55. The van der Waals surface area contributed by atoms with Gasteiger partial charge in [-0.15, -0.1) is 0 Å². The van der Waals surface area contributed by atoms with Gasteiger partial charge in [0.1, 0.15) is 0 Å². The summed E-state index contributed by atoms with van der Waals surface area (Å²) in [6.45, 7) is 9.33. The molecule has 2 heterocycles. The molecule has 5 heteroatoms. The molecule has 1 aromatic heterocycles. The summed E-state index contributed by atoms with van der Waals surface area (Å²) in [5.74, 6) is 0.865. The number of hydrogen-bond donors (Lipinski definition) is 1. The highest BCUT2D eigenvalue weighted by molar-refractivity contribution is 5.29. The number of hydrogen-bond acceptors (Lipinski definition) is 5. The Balaban J connectivity index is 1.96. The summed E-state index contributed by atoms with van der Waals surface area (Å²) in [7, 11) is 0. The van der Waals surface area contributed by atoms with Crippen LogP contribution < -0.4 is 10.6 Å². The highest BCUT2D eigenvalue weighted by atomic mass is 15.3. The summed E-state index contributed by atoms with van der Waals surface area (Å²) >= 11 is 0. The van der Waals surface area contributed by atoms with Gasteiger partial charge in [-0.25, -0.2) is 9.97 Å². The first-order valence-corrected chi connectivity index (χ1v) is 7.72. The average Bonchev–Trinajstić information content (AvgIpc) is 2.71. The van der Waals surface area contributed by atoms with Crippen LogP contribution in [-0.2, 0) is 0 Å². The minimum Gasteiger partial charge on any atom is -0.339 e. The SMILES string of the molecule is CCC(CCN)N1CCCN(c2ncc(C)cn2)CC1. The van der Waals surface area contributed by atoms with Gasteiger partial charge in [-0.1, -0.05) is 6.92 Å². The van der Waals surface area contributed by atoms with Gasteiger partial charge in [0.2, 0.25) is 5.95 Å². The predicted molar refractivity (Wildman–Crippen MR) is 82.9 cm³/mol. The fourth-order valence-corrected chi connectivity index (χ4v) is 2.89. The lowest BCUT2D eigenvalue weighted by Gasteiger charge is -2.29. The zero-order chi connectivity index (χ0) is 14.4. The molecule has 1 fully saturated rings. The van der Waals surface area contributed by atoms with E-state index in [1.807, 2.05) is 19.3 Å². The molecule has 1 unspecified atom stereocenters.